The van der Waals surface area contributed by atoms with Crippen LogP contribution in [0.15, 0.2) is 36.0 Å². The van der Waals surface area contributed by atoms with Crippen molar-refractivity contribution in [1.82, 2.24) is 10.3 Å². The summed E-state index contributed by atoms with van der Waals surface area (Å²) in [4.78, 5) is 14.8. The molecule has 1 aliphatic carbocycles. The number of rotatable bonds is 4. The first-order valence-electron chi connectivity index (χ1n) is 6.29. The molecule has 2 rings (SSSR count). The highest BCUT2D eigenvalue weighted by atomic mass is 16.4. The van der Waals surface area contributed by atoms with Gasteiger partial charge in [-0.2, -0.15) is 0 Å². The standard InChI is InChI=1S/C14H18N2O2/c17-14(18)9-11-4-6-12(7-5-11)16-10-13-3-1-2-8-15-13/h1-3,8-9,12,16H,4-7,10H2,(H,17,18). The average Bonchev–Trinajstić information content (AvgIpc) is 2.38. The second kappa shape index (κ2) is 6.31. The van der Waals surface area contributed by atoms with E-state index in [2.05, 4.69) is 10.3 Å². The molecule has 1 aromatic rings. The summed E-state index contributed by atoms with van der Waals surface area (Å²) >= 11 is 0. The predicted octanol–water partition coefficient (Wildman–Crippen LogP) is 2.12. The Morgan fingerprint density at radius 1 is 1.44 bits per heavy atom. The second-order valence-corrected chi connectivity index (χ2v) is 4.62. The van der Waals surface area contributed by atoms with E-state index < -0.39 is 5.97 Å². The molecular formula is C14H18N2O2. The van der Waals surface area contributed by atoms with Crippen molar-refractivity contribution in [3.05, 3.63) is 41.7 Å². The van der Waals surface area contributed by atoms with Gasteiger partial charge in [0.1, 0.15) is 0 Å². The van der Waals surface area contributed by atoms with Crippen LogP contribution in [-0.2, 0) is 11.3 Å². The second-order valence-electron chi connectivity index (χ2n) is 4.62. The Kier molecular flexibility index (Phi) is 4.47. The van der Waals surface area contributed by atoms with E-state index in [-0.39, 0.29) is 0 Å². The first-order valence-corrected chi connectivity index (χ1v) is 6.29. The van der Waals surface area contributed by atoms with E-state index >= 15 is 0 Å². The van der Waals surface area contributed by atoms with Gasteiger partial charge in [-0.25, -0.2) is 4.79 Å². The van der Waals surface area contributed by atoms with E-state index in [0.717, 1.165) is 43.5 Å². The Morgan fingerprint density at radius 3 is 2.83 bits per heavy atom. The average molecular weight is 246 g/mol. The number of aliphatic carboxylic acids is 1. The van der Waals surface area contributed by atoms with Gasteiger partial charge in [0.05, 0.1) is 5.69 Å². The maximum atomic E-state index is 10.6. The summed E-state index contributed by atoms with van der Waals surface area (Å²) < 4.78 is 0. The van der Waals surface area contributed by atoms with E-state index in [4.69, 9.17) is 5.11 Å². The van der Waals surface area contributed by atoms with Gasteiger partial charge in [0, 0.05) is 24.9 Å². The SMILES string of the molecule is O=C(O)C=C1CCC(NCc2ccccn2)CC1. The minimum absolute atomic E-state index is 0.470. The van der Waals surface area contributed by atoms with Crippen LogP contribution in [0.2, 0.25) is 0 Å². The van der Waals surface area contributed by atoms with Crippen molar-refractivity contribution in [2.75, 3.05) is 0 Å². The fraction of sp³-hybridized carbons (Fsp3) is 0.429. The summed E-state index contributed by atoms with van der Waals surface area (Å²) in [5, 5.41) is 12.2. The third-order valence-electron chi connectivity index (χ3n) is 3.25. The van der Waals surface area contributed by atoms with Crippen LogP contribution in [0.5, 0.6) is 0 Å². The monoisotopic (exact) mass is 246 g/mol. The molecular weight excluding hydrogens is 228 g/mol. The number of nitrogens with zero attached hydrogens (tertiary/aromatic N) is 1. The Morgan fingerprint density at radius 2 is 2.22 bits per heavy atom. The molecule has 18 heavy (non-hydrogen) atoms. The molecule has 0 aromatic carbocycles. The summed E-state index contributed by atoms with van der Waals surface area (Å²) in [5.74, 6) is -0.829. The highest BCUT2D eigenvalue weighted by Gasteiger charge is 2.16. The predicted molar refractivity (Wildman–Crippen MR) is 69.1 cm³/mol. The Balaban J connectivity index is 1.76. The molecule has 1 heterocycles. The zero-order valence-electron chi connectivity index (χ0n) is 10.3. The third kappa shape index (κ3) is 3.96. The minimum atomic E-state index is -0.829. The molecule has 0 amide bonds. The lowest BCUT2D eigenvalue weighted by Crippen LogP contribution is -2.31. The van der Waals surface area contributed by atoms with Gasteiger partial charge in [-0.15, -0.1) is 0 Å². The van der Waals surface area contributed by atoms with Crippen LogP contribution in [0.3, 0.4) is 0 Å². The number of nitrogens with one attached hydrogen (secondary N) is 1. The largest absolute Gasteiger partial charge is 0.478 e. The molecule has 1 saturated carbocycles. The van der Waals surface area contributed by atoms with Crippen LogP contribution >= 0.6 is 0 Å². The molecule has 0 radical (unpaired) electrons. The normalized spacial score (nSPS) is 19.6. The quantitative estimate of drug-likeness (QED) is 0.799. The number of aromatic nitrogens is 1. The molecule has 0 unspecified atom stereocenters. The van der Waals surface area contributed by atoms with Gasteiger partial charge >= 0.3 is 5.97 Å². The van der Waals surface area contributed by atoms with E-state index in [1.165, 1.54) is 6.08 Å². The van der Waals surface area contributed by atoms with Crippen LogP contribution in [-0.4, -0.2) is 22.1 Å². The third-order valence-corrected chi connectivity index (χ3v) is 3.25. The summed E-state index contributed by atoms with van der Waals surface area (Å²) in [7, 11) is 0. The molecule has 0 aliphatic heterocycles. The Bertz CT molecular complexity index is 419. The van der Waals surface area contributed by atoms with Crippen LogP contribution in [0.1, 0.15) is 31.4 Å². The van der Waals surface area contributed by atoms with Crippen LogP contribution < -0.4 is 5.32 Å². The summed E-state index contributed by atoms with van der Waals surface area (Å²) in [6.07, 6.45) is 6.93. The van der Waals surface area contributed by atoms with E-state index in [1.54, 1.807) is 6.20 Å². The summed E-state index contributed by atoms with van der Waals surface area (Å²) in [6, 6.07) is 6.37. The molecule has 96 valence electrons. The van der Waals surface area contributed by atoms with Crippen LogP contribution in [0, 0.1) is 0 Å². The molecule has 0 saturated heterocycles. The van der Waals surface area contributed by atoms with Crippen molar-refractivity contribution >= 4 is 5.97 Å². The lowest BCUT2D eigenvalue weighted by Gasteiger charge is -2.24. The van der Waals surface area contributed by atoms with Crippen molar-refractivity contribution in [3.63, 3.8) is 0 Å². The molecule has 0 bridgehead atoms. The van der Waals surface area contributed by atoms with E-state index in [9.17, 15) is 4.79 Å². The molecule has 4 nitrogen and oxygen atoms in total. The van der Waals surface area contributed by atoms with Gasteiger partial charge in [0.2, 0.25) is 0 Å². The van der Waals surface area contributed by atoms with Crippen molar-refractivity contribution < 1.29 is 9.90 Å². The van der Waals surface area contributed by atoms with Gasteiger partial charge in [0.15, 0.2) is 0 Å². The maximum absolute atomic E-state index is 10.6. The fourth-order valence-corrected chi connectivity index (χ4v) is 2.26. The maximum Gasteiger partial charge on any atom is 0.328 e. The zero-order chi connectivity index (χ0) is 12.8. The molecule has 1 aromatic heterocycles. The van der Waals surface area contributed by atoms with Crippen molar-refractivity contribution in [3.8, 4) is 0 Å². The summed E-state index contributed by atoms with van der Waals surface area (Å²) in [6.45, 7) is 0.781. The van der Waals surface area contributed by atoms with Crippen LogP contribution in [0.25, 0.3) is 0 Å². The van der Waals surface area contributed by atoms with Gasteiger partial charge < -0.3 is 10.4 Å². The van der Waals surface area contributed by atoms with Gasteiger partial charge in [-0.1, -0.05) is 11.6 Å². The lowest BCUT2D eigenvalue weighted by atomic mass is 9.90. The van der Waals surface area contributed by atoms with Crippen molar-refractivity contribution in [2.24, 2.45) is 0 Å². The first-order chi connectivity index (χ1) is 8.74. The molecule has 1 aliphatic rings. The molecule has 2 N–H and O–H groups in total. The smallest absolute Gasteiger partial charge is 0.328 e. The van der Waals surface area contributed by atoms with Crippen LogP contribution in [0.4, 0.5) is 0 Å². The Hall–Kier alpha value is -1.68. The van der Waals surface area contributed by atoms with Gasteiger partial charge in [-0.3, -0.25) is 4.98 Å². The Labute approximate surface area is 107 Å². The summed E-state index contributed by atoms with van der Waals surface area (Å²) in [5.41, 5.74) is 2.10. The number of hydrogen-bond donors (Lipinski definition) is 2. The van der Waals surface area contributed by atoms with E-state index in [0.29, 0.717) is 6.04 Å². The van der Waals surface area contributed by atoms with Crippen molar-refractivity contribution in [1.29, 1.82) is 0 Å². The molecule has 0 atom stereocenters. The van der Waals surface area contributed by atoms with E-state index in [1.807, 2.05) is 18.2 Å². The number of pyridine rings is 1. The fourth-order valence-electron chi connectivity index (χ4n) is 2.26. The lowest BCUT2D eigenvalue weighted by molar-refractivity contribution is -0.131. The first kappa shape index (κ1) is 12.8. The van der Waals surface area contributed by atoms with Gasteiger partial charge in [0.25, 0.3) is 0 Å². The number of allylic oxidation sites excluding steroid dienone is 1. The number of hydrogen-bond acceptors (Lipinski definition) is 3. The molecule has 1 fully saturated rings. The number of carbonyl (C=O) groups is 1. The highest BCUT2D eigenvalue weighted by molar-refractivity contribution is 5.80. The topological polar surface area (TPSA) is 62.2 Å². The molecule has 0 spiro atoms. The van der Waals surface area contributed by atoms with Crippen molar-refractivity contribution in [2.45, 2.75) is 38.3 Å². The highest BCUT2D eigenvalue weighted by Crippen LogP contribution is 2.23. The number of carboxylic acids is 1. The minimum Gasteiger partial charge on any atom is -0.478 e. The molecule has 4 heteroatoms. The number of carboxylic acid groups (broad SMARTS) is 1. The zero-order valence-corrected chi connectivity index (χ0v) is 10.3. The van der Waals surface area contributed by atoms with Gasteiger partial charge in [-0.05, 0) is 37.8 Å².